The molecule has 0 aliphatic heterocycles. The van der Waals surface area contributed by atoms with Gasteiger partial charge in [0.25, 0.3) is 5.91 Å². The van der Waals surface area contributed by atoms with Gasteiger partial charge in [0.2, 0.25) is 0 Å². The van der Waals surface area contributed by atoms with Gasteiger partial charge in [-0.3, -0.25) is 9.78 Å². The van der Waals surface area contributed by atoms with E-state index in [-0.39, 0.29) is 5.91 Å². The number of hydrogen-bond donors (Lipinski definition) is 2. The number of rotatable bonds is 5. The number of nitrogens with zero attached hydrogens (tertiary/aromatic N) is 2. The van der Waals surface area contributed by atoms with Crippen molar-refractivity contribution in [2.75, 3.05) is 11.9 Å². The highest BCUT2D eigenvalue weighted by Crippen LogP contribution is 2.14. The number of amides is 1. The van der Waals surface area contributed by atoms with Gasteiger partial charge in [-0.25, -0.2) is 4.98 Å². The Morgan fingerprint density at radius 2 is 2.21 bits per heavy atom. The molecule has 2 aromatic heterocycles. The largest absolute Gasteiger partial charge is 0.352 e. The zero-order chi connectivity index (χ0) is 13.5. The highest BCUT2D eigenvalue weighted by atomic mass is 16.1. The molecule has 2 heterocycles. The average molecular weight is 256 g/mol. The molecule has 1 amide bonds. The number of hydrogen-bond acceptors (Lipinski definition) is 4. The van der Waals surface area contributed by atoms with Crippen LogP contribution in [0.2, 0.25) is 0 Å². The predicted molar refractivity (Wildman–Crippen MR) is 74.4 cm³/mol. The predicted octanol–water partition coefficient (Wildman–Crippen LogP) is 2.36. The van der Waals surface area contributed by atoms with Crippen molar-refractivity contribution in [2.45, 2.75) is 13.3 Å². The number of carbonyl (C=O) groups excluding carboxylic acids is 1. The summed E-state index contributed by atoms with van der Waals surface area (Å²) >= 11 is 0. The lowest BCUT2D eigenvalue weighted by Crippen LogP contribution is -2.24. The van der Waals surface area contributed by atoms with Crippen LogP contribution < -0.4 is 10.6 Å². The van der Waals surface area contributed by atoms with E-state index in [2.05, 4.69) is 20.6 Å². The Balaban J connectivity index is 2.09. The molecule has 0 spiro atoms. The topological polar surface area (TPSA) is 66.9 Å². The molecular formula is C14H16N4O. The van der Waals surface area contributed by atoms with Crippen LogP contribution in [0.3, 0.4) is 0 Å². The molecule has 19 heavy (non-hydrogen) atoms. The van der Waals surface area contributed by atoms with Crippen molar-refractivity contribution >= 4 is 17.4 Å². The van der Waals surface area contributed by atoms with Crippen LogP contribution >= 0.6 is 0 Å². The van der Waals surface area contributed by atoms with Crippen molar-refractivity contribution in [1.29, 1.82) is 0 Å². The van der Waals surface area contributed by atoms with Gasteiger partial charge < -0.3 is 10.6 Å². The second kappa shape index (κ2) is 6.49. The Bertz CT molecular complexity index is 542. The standard InChI is InChI=1S/C14H16N4O/c1-2-6-17-14(19)11-8-12(10-15-9-11)18-13-5-3-4-7-16-13/h3-5,7-10H,2,6H2,1H3,(H,16,18)(H,17,19). The molecule has 0 aliphatic carbocycles. The minimum absolute atomic E-state index is 0.112. The van der Waals surface area contributed by atoms with Crippen LogP contribution in [0.1, 0.15) is 23.7 Å². The maximum absolute atomic E-state index is 11.8. The van der Waals surface area contributed by atoms with Crippen LogP contribution in [0.25, 0.3) is 0 Å². The monoisotopic (exact) mass is 256 g/mol. The van der Waals surface area contributed by atoms with Crippen LogP contribution in [0.5, 0.6) is 0 Å². The van der Waals surface area contributed by atoms with Crippen molar-refractivity contribution in [3.8, 4) is 0 Å². The van der Waals surface area contributed by atoms with Gasteiger partial charge in [0, 0.05) is 18.9 Å². The van der Waals surface area contributed by atoms with E-state index in [4.69, 9.17) is 0 Å². The Morgan fingerprint density at radius 1 is 1.32 bits per heavy atom. The first-order chi connectivity index (χ1) is 9.29. The molecule has 5 heteroatoms. The van der Waals surface area contributed by atoms with Crippen LogP contribution in [0.4, 0.5) is 11.5 Å². The van der Waals surface area contributed by atoms with Crippen LogP contribution in [0, 0.1) is 0 Å². The molecule has 0 saturated carbocycles. The summed E-state index contributed by atoms with van der Waals surface area (Å²) in [4.78, 5) is 20.0. The second-order valence-corrected chi connectivity index (χ2v) is 4.06. The fourth-order valence-electron chi connectivity index (χ4n) is 1.56. The Morgan fingerprint density at radius 3 is 2.95 bits per heavy atom. The number of carbonyl (C=O) groups is 1. The van der Waals surface area contributed by atoms with Gasteiger partial charge in [-0.2, -0.15) is 0 Å². The fourth-order valence-corrected chi connectivity index (χ4v) is 1.56. The van der Waals surface area contributed by atoms with Crippen molar-refractivity contribution < 1.29 is 4.79 Å². The zero-order valence-corrected chi connectivity index (χ0v) is 10.8. The second-order valence-electron chi connectivity index (χ2n) is 4.06. The first-order valence-corrected chi connectivity index (χ1v) is 6.21. The SMILES string of the molecule is CCCNC(=O)c1cncc(Nc2ccccn2)c1. The summed E-state index contributed by atoms with van der Waals surface area (Å²) in [5, 5.41) is 5.92. The first-order valence-electron chi connectivity index (χ1n) is 6.21. The number of nitrogens with one attached hydrogen (secondary N) is 2. The maximum Gasteiger partial charge on any atom is 0.252 e. The molecule has 0 aliphatic rings. The van der Waals surface area contributed by atoms with Crippen molar-refractivity contribution in [2.24, 2.45) is 0 Å². The Labute approximate surface area is 112 Å². The van der Waals surface area contributed by atoms with E-state index in [0.717, 1.165) is 17.9 Å². The molecule has 0 fully saturated rings. The zero-order valence-electron chi connectivity index (χ0n) is 10.8. The summed E-state index contributed by atoms with van der Waals surface area (Å²) in [5.41, 5.74) is 1.28. The lowest BCUT2D eigenvalue weighted by molar-refractivity contribution is 0.0953. The van der Waals surface area contributed by atoms with Gasteiger partial charge >= 0.3 is 0 Å². The molecule has 0 radical (unpaired) electrons. The van der Waals surface area contributed by atoms with E-state index in [0.29, 0.717) is 12.1 Å². The minimum Gasteiger partial charge on any atom is -0.352 e. The average Bonchev–Trinajstić information content (AvgIpc) is 2.46. The highest BCUT2D eigenvalue weighted by Gasteiger charge is 2.06. The van der Waals surface area contributed by atoms with Gasteiger partial charge in [0.05, 0.1) is 17.4 Å². The molecule has 0 saturated heterocycles. The summed E-state index contributed by atoms with van der Waals surface area (Å²) in [7, 11) is 0. The van der Waals surface area contributed by atoms with Gasteiger partial charge in [-0.05, 0) is 24.6 Å². The van der Waals surface area contributed by atoms with Gasteiger partial charge in [-0.15, -0.1) is 0 Å². The smallest absolute Gasteiger partial charge is 0.252 e. The van der Waals surface area contributed by atoms with Crippen LogP contribution in [-0.4, -0.2) is 22.4 Å². The Hall–Kier alpha value is -2.43. The molecule has 2 rings (SSSR count). The van der Waals surface area contributed by atoms with Crippen molar-refractivity contribution in [1.82, 2.24) is 15.3 Å². The molecule has 5 nitrogen and oxygen atoms in total. The third-order valence-corrected chi connectivity index (χ3v) is 2.47. The van der Waals surface area contributed by atoms with Gasteiger partial charge in [-0.1, -0.05) is 13.0 Å². The summed E-state index contributed by atoms with van der Waals surface area (Å²) in [5.74, 6) is 0.606. The van der Waals surface area contributed by atoms with E-state index in [1.165, 1.54) is 0 Å². The quantitative estimate of drug-likeness (QED) is 0.861. The number of pyridine rings is 2. The van der Waals surface area contributed by atoms with Crippen LogP contribution in [0.15, 0.2) is 42.9 Å². The van der Waals surface area contributed by atoms with Gasteiger partial charge in [0.15, 0.2) is 0 Å². The lowest BCUT2D eigenvalue weighted by Gasteiger charge is -2.07. The number of aromatic nitrogens is 2. The fraction of sp³-hybridized carbons (Fsp3) is 0.214. The third kappa shape index (κ3) is 3.77. The molecule has 0 bridgehead atoms. The van der Waals surface area contributed by atoms with Gasteiger partial charge in [0.1, 0.15) is 5.82 Å². The van der Waals surface area contributed by atoms with E-state index >= 15 is 0 Å². The van der Waals surface area contributed by atoms with E-state index in [1.807, 2.05) is 25.1 Å². The molecule has 98 valence electrons. The molecule has 0 unspecified atom stereocenters. The number of anilines is 2. The third-order valence-electron chi connectivity index (χ3n) is 2.47. The van der Waals surface area contributed by atoms with E-state index in [9.17, 15) is 4.79 Å². The van der Waals surface area contributed by atoms with E-state index in [1.54, 1.807) is 24.7 Å². The van der Waals surface area contributed by atoms with Crippen molar-refractivity contribution in [3.63, 3.8) is 0 Å². The molecule has 2 N–H and O–H groups in total. The summed E-state index contributed by atoms with van der Waals surface area (Å²) in [6.45, 7) is 2.67. The first kappa shape index (κ1) is 13.0. The van der Waals surface area contributed by atoms with E-state index < -0.39 is 0 Å². The molecule has 0 atom stereocenters. The summed E-state index contributed by atoms with van der Waals surface area (Å²) in [6.07, 6.45) is 5.82. The maximum atomic E-state index is 11.8. The normalized spacial score (nSPS) is 9.95. The molecule has 2 aromatic rings. The Kier molecular flexibility index (Phi) is 4.44. The van der Waals surface area contributed by atoms with Crippen molar-refractivity contribution in [3.05, 3.63) is 48.4 Å². The summed E-state index contributed by atoms with van der Waals surface area (Å²) in [6, 6.07) is 7.34. The molecule has 0 aromatic carbocycles. The lowest BCUT2D eigenvalue weighted by atomic mass is 10.2. The highest BCUT2D eigenvalue weighted by molar-refractivity contribution is 5.94. The summed E-state index contributed by atoms with van der Waals surface area (Å²) < 4.78 is 0. The van der Waals surface area contributed by atoms with Crippen LogP contribution in [-0.2, 0) is 0 Å². The molecular weight excluding hydrogens is 240 g/mol. The minimum atomic E-state index is -0.112.